The minimum atomic E-state index is -0.0716. The smallest absolute Gasteiger partial charge is 0.223 e. The Morgan fingerprint density at radius 2 is 2.23 bits per heavy atom. The molecule has 0 radical (unpaired) electrons. The number of rotatable bonds is 5. The molecule has 0 rings (SSSR count). The van der Waals surface area contributed by atoms with Gasteiger partial charge in [-0.15, -0.1) is 0 Å². The van der Waals surface area contributed by atoms with Crippen LogP contribution in [0, 0.1) is 17.2 Å². The molecule has 4 nitrogen and oxygen atoms in total. The Hall–Kier alpha value is -1.08. The van der Waals surface area contributed by atoms with E-state index >= 15 is 0 Å². The average Bonchev–Trinajstić information content (AvgIpc) is 2.05. The van der Waals surface area contributed by atoms with Crippen LogP contribution in [0.1, 0.15) is 26.7 Å². The lowest BCUT2D eigenvalue weighted by Crippen LogP contribution is -2.36. The first-order valence-corrected chi connectivity index (χ1v) is 4.49. The zero-order valence-corrected chi connectivity index (χ0v) is 8.21. The van der Waals surface area contributed by atoms with Crippen molar-refractivity contribution in [1.29, 1.82) is 5.26 Å². The van der Waals surface area contributed by atoms with Gasteiger partial charge in [0.1, 0.15) is 0 Å². The van der Waals surface area contributed by atoms with Crippen LogP contribution in [0.3, 0.4) is 0 Å². The zero-order valence-electron chi connectivity index (χ0n) is 8.21. The third kappa shape index (κ3) is 5.21. The maximum atomic E-state index is 11.3. The molecule has 0 aliphatic heterocycles. The molecule has 0 aromatic heterocycles. The van der Waals surface area contributed by atoms with Crippen LogP contribution in [0.5, 0.6) is 0 Å². The summed E-state index contributed by atoms with van der Waals surface area (Å²) >= 11 is 0. The van der Waals surface area contributed by atoms with Gasteiger partial charge in [0.2, 0.25) is 5.91 Å². The van der Waals surface area contributed by atoms with Crippen LogP contribution in [-0.2, 0) is 4.79 Å². The predicted octanol–water partition coefficient (Wildman–Crippen LogP) is 0.390. The molecule has 0 bridgehead atoms. The summed E-state index contributed by atoms with van der Waals surface area (Å²) in [5.41, 5.74) is 5.32. The minimum absolute atomic E-state index is 0.0202. The van der Waals surface area contributed by atoms with Crippen molar-refractivity contribution in [3.63, 3.8) is 0 Å². The average molecular weight is 183 g/mol. The van der Waals surface area contributed by atoms with Crippen LogP contribution < -0.4 is 11.1 Å². The Kier molecular flexibility index (Phi) is 5.90. The van der Waals surface area contributed by atoms with Gasteiger partial charge in [-0.2, -0.15) is 5.26 Å². The zero-order chi connectivity index (χ0) is 10.3. The van der Waals surface area contributed by atoms with E-state index in [2.05, 4.69) is 5.32 Å². The lowest BCUT2D eigenvalue weighted by molar-refractivity contribution is -0.125. The van der Waals surface area contributed by atoms with E-state index in [4.69, 9.17) is 11.0 Å². The second kappa shape index (κ2) is 6.44. The maximum absolute atomic E-state index is 11.3. The normalized spacial score (nSPS) is 14.3. The van der Waals surface area contributed by atoms with Crippen molar-refractivity contribution >= 4 is 5.91 Å². The highest BCUT2D eigenvalue weighted by molar-refractivity contribution is 5.78. The fourth-order valence-corrected chi connectivity index (χ4v) is 0.954. The quantitative estimate of drug-likeness (QED) is 0.647. The number of nitrogens with zero attached hydrogens (tertiary/aromatic N) is 1. The molecule has 2 unspecified atom stereocenters. The first-order chi connectivity index (χ1) is 6.11. The van der Waals surface area contributed by atoms with Gasteiger partial charge < -0.3 is 11.1 Å². The second-order valence-electron chi connectivity index (χ2n) is 3.25. The summed E-state index contributed by atoms with van der Waals surface area (Å²) in [5.74, 6) is -0.0839. The Balaban J connectivity index is 3.79. The summed E-state index contributed by atoms with van der Waals surface area (Å²) in [6.07, 6.45) is 1.03. The van der Waals surface area contributed by atoms with Crippen LogP contribution in [0.15, 0.2) is 0 Å². The van der Waals surface area contributed by atoms with Crippen molar-refractivity contribution in [3.8, 4) is 6.07 Å². The Bertz CT molecular complexity index is 198. The molecule has 13 heavy (non-hydrogen) atoms. The Morgan fingerprint density at radius 1 is 1.62 bits per heavy atom. The molecule has 74 valence electrons. The number of nitrogens with one attached hydrogen (secondary N) is 1. The number of hydrogen-bond acceptors (Lipinski definition) is 3. The molecule has 0 saturated heterocycles. The molecule has 0 fully saturated rings. The fraction of sp³-hybridized carbons (Fsp3) is 0.778. The first-order valence-electron chi connectivity index (χ1n) is 4.49. The molecular formula is C9H17N3O. The number of nitrogens with two attached hydrogens (primary N) is 1. The highest BCUT2D eigenvalue weighted by atomic mass is 16.1. The molecule has 3 N–H and O–H groups in total. The summed E-state index contributed by atoms with van der Waals surface area (Å²) in [6.45, 7) is 4.17. The fourth-order valence-electron chi connectivity index (χ4n) is 0.954. The van der Waals surface area contributed by atoms with E-state index < -0.39 is 0 Å². The van der Waals surface area contributed by atoms with Crippen molar-refractivity contribution in [2.75, 3.05) is 6.54 Å². The summed E-state index contributed by atoms with van der Waals surface area (Å²) in [7, 11) is 0. The van der Waals surface area contributed by atoms with Gasteiger partial charge in [0.25, 0.3) is 0 Å². The van der Waals surface area contributed by atoms with Crippen molar-refractivity contribution < 1.29 is 4.79 Å². The molecule has 1 amide bonds. The van der Waals surface area contributed by atoms with E-state index in [1.165, 1.54) is 0 Å². The van der Waals surface area contributed by atoms with Gasteiger partial charge >= 0.3 is 0 Å². The third-order valence-electron chi connectivity index (χ3n) is 1.83. The molecule has 0 aliphatic carbocycles. The topological polar surface area (TPSA) is 78.9 Å². The lowest BCUT2D eigenvalue weighted by atomic mass is 10.1. The number of amides is 1. The summed E-state index contributed by atoms with van der Waals surface area (Å²) in [4.78, 5) is 11.3. The van der Waals surface area contributed by atoms with E-state index in [1.807, 2.05) is 19.9 Å². The molecule has 2 atom stereocenters. The van der Waals surface area contributed by atoms with E-state index in [0.29, 0.717) is 19.4 Å². The van der Waals surface area contributed by atoms with Gasteiger partial charge in [-0.1, -0.05) is 6.92 Å². The molecule has 0 heterocycles. The van der Waals surface area contributed by atoms with Gasteiger partial charge in [-0.25, -0.2) is 0 Å². The monoisotopic (exact) mass is 183 g/mol. The van der Waals surface area contributed by atoms with Crippen molar-refractivity contribution in [2.24, 2.45) is 11.7 Å². The highest BCUT2D eigenvalue weighted by Crippen LogP contribution is 2.01. The van der Waals surface area contributed by atoms with Gasteiger partial charge in [0, 0.05) is 12.0 Å². The summed E-state index contributed by atoms with van der Waals surface area (Å²) in [5, 5.41) is 11.1. The molecule has 0 aromatic carbocycles. The maximum Gasteiger partial charge on any atom is 0.223 e. The van der Waals surface area contributed by atoms with Gasteiger partial charge in [-0.3, -0.25) is 4.79 Å². The SMILES string of the molecule is CC(CC#N)NC(=O)C(C)CCN. The summed E-state index contributed by atoms with van der Waals surface area (Å²) < 4.78 is 0. The van der Waals surface area contributed by atoms with Gasteiger partial charge in [0.05, 0.1) is 12.5 Å². The number of nitriles is 1. The van der Waals surface area contributed by atoms with Crippen molar-refractivity contribution in [2.45, 2.75) is 32.7 Å². The van der Waals surface area contributed by atoms with Gasteiger partial charge in [-0.05, 0) is 19.9 Å². The van der Waals surface area contributed by atoms with E-state index in [9.17, 15) is 4.79 Å². The molecular weight excluding hydrogens is 166 g/mol. The standard InChI is InChI=1S/C9H17N3O/c1-7(3-5-10)9(13)12-8(2)4-6-11/h7-8H,3-5,10H2,1-2H3,(H,12,13). The van der Waals surface area contributed by atoms with E-state index in [-0.39, 0.29) is 17.9 Å². The largest absolute Gasteiger partial charge is 0.352 e. The molecule has 0 spiro atoms. The molecule has 0 aliphatic rings. The first kappa shape index (κ1) is 11.9. The number of hydrogen-bond donors (Lipinski definition) is 2. The van der Waals surface area contributed by atoms with Crippen LogP contribution >= 0.6 is 0 Å². The van der Waals surface area contributed by atoms with E-state index in [1.54, 1.807) is 0 Å². The lowest BCUT2D eigenvalue weighted by Gasteiger charge is -2.14. The summed E-state index contributed by atoms with van der Waals surface area (Å²) in [6, 6.07) is 1.93. The molecule has 4 heteroatoms. The molecule has 0 aromatic rings. The van der Waals surface area contributed by atoms with Gasteiger partial charge in [0.15, 0.2) is 0 Å². The Labute approximate surface area is 79.1 Å². The van der Waals surface area contributed by atoms with Crippen LogP contribution in [-0.4, -0.2) is 18.5 Å². The van der Waals surface area contributed by atoms with Crippen LogP contribution in [0.2, 0.25) is 0 Å². The van der Waals surface area contributed by atoms with Crippen molar-refractivity contribution in [3.05, 3.63) is 0 Å². The second-order valence-corrected chi connectivity index (χ2v) is 3.25. The Morgan fingerprint density at radius 3 is 2.69 bits per heavy atom. The van der Waals surface area contributed by atoms with Crippen molar-refractivity contribution in [1.82, 2.24) is 5.32 Å². The highest BCUT2D eigenvalue weighted by Gasteiger charge is 2.13. The third-order valence-corrected chi connectivity index (χ3v) is 1.83. The molecule has 0 saturated carbocycles. The van der Waals surface area contributed by atoms with Crippen LogP contribution in [0.4, 0.5) is 0 Å². The predicted molar refractivity (Wildman–Crippen MR) is 50.7 cm³/mol. The van der Waals surface area contributed by atoms with Crippen LogP contribution in [0.25, 0.3) is 0 Å². The minimum Gasteiger partial charge on any atom is -0.352 e. The number of carbonyl (C=O) groups excluding carboxylic acids is 1. The van der Waals surface area contributed by atoms with E-state index in [0.717, 1.165) is 0 Å². The number of carbonyl (C=O) groups is 1.